The van der Waals surface area contributed by atoms with Gasteiger partial charge in [0.2, 0.25) is 5.91 Å². The third kappa shape index (κ3) is 6.83. The quantitative estimate of drug-likeness (QED) is 0.282. The first kappa shape index (κ1) is 34.3. The largest absolute Gasteiger partial charge is 0.493 e. The lowest BCUT2D eigenvalue weighted by Crippen LogP contribution is -2.56. The third-order valence-electron chi connectivity index (χ3n) is 8.77. The fourth-order valence-corrected chi connectivity index (χ4v) is 6.17. The van der Waals surface area contributed by atoms with Crippen molar-refractivity contribution < 1.29 is 53.2 Å². The maximum atomic E-state index is 13.9. The Morgan fingerprint density at radius 3 is 2.11 bits per heavy atom. The van der Waals surface area contributed by atoms with Crippen molar-refractivity contribution in [3.05, 3.63) is 29.5 Å². The number of amides is 3. The van der Waals surface area contributed by atoms with Gasteiger partial charge in [-0.05, 0) is 50.8 Å². The van der Waals surface area contributed by atoms with Crippen LogP contribution in [0.5, 0.6) is 11.5 Å². The van der Waals surface area contributed by atoms with Crippen LogP contribution in [-0.4, -0.2) is 110 Å². The number of carboxylic acids is 1. The molecule has 2 heterocycles. The van der Waals surface area contributed by atoms with Gasteiger partial charge in [0.25, 0.3) is 5.91 Å². The number of hydrogen-bond acceptors (Lipinski definition) is 11. The number of allylic oxidation sites excluding steroid dienone is 1. The molecule has 2 fully saturated rings. The van der Waals surface area contributed by atoms with Crippen LogP contribution < -0.4 is 19.9 Å². The maximum Gasteiger partial charge on any atom is 0.409 e. The predicted molar refractivity (Wildman–Crippen MR) is 162 cm³/mol. The number of ether oxygens (including phenoxy) is 4. The van der Waals surface area contributed by atoms with E-state index < -0.39 is 53.6 Å². The Morgan fingerprint density at radius 2 is 1.57 bits per heavy atom. The summed E-state index contributed by atoms with van der Waals surface area (Å²) in [4.78, 5) is 67.3. The number of carboxylic acid groups (broad SMARTS) is 1. The monoisotopic (exact) mass is 646 g/mol. The van der Waals surface area contributed by atoms with Gasteiger partial charge in [0.1, 0.15) is 11.7 Å². The summed E-state index contributed by atoms with van der Waals surface area (Å²) in [7, 11) is 2.88. The molecule has 0 radical (unpaired) electrons. The van der Waals surface area contributed by atoms with Gasteiger partial charge < -0.3 is 39.2 Å². The number of methoxy groups -OCH3 is 2. The van der Waals surface area contributed by atoms with Gasteiger partial charge >= 0.3 is 18.0 Å². The number of aliphatic carboxylic acids is 1. The van der Waals surface area contributed by atoms with Gasteiger partial charge in [-0.3, -0.25) is 24.4 Å². The first-order chi connectivity index (χ1) is 22.0. The molecular formula is C31H42N4O11. The van der Waals surface area contributed by atoms with Crippen molar-refractivity contribution in [1.82, 2.24) is 15.1 Å². The van der Waals surface area contributed by atoms with E-state index >= 15 is 0 Å². The average molecular weight is 647 g/mol. The molecule has 2 unspecified atom stereocenters. The number of carbonyl (C=O) groups excluding carboxylic acids is 4. The zero-order chi connectivity index (χ0) is 33.6. The summed E-state index contributed by atoms with van der Waals surface area (Å²) in [5, 5.41) is 24.0. The van der Waals surface area contributed by atoms with E-state index in [4.69, 9.17) is 18.9 Å². The summed E-state index contributed by atoms with van der Waals surface area (Å²) in [6.07, 6.45) is 2.09. The topological polar surface area (TPSA) is 184 Å². The number of esters is 1. The van der Waals surface area contributed by atoms with E-state index in [1.807, 2.05) is 0 Å². The molecule has 2 atom stereocenters. The van der Waals surface area contributed by atoms with Gasteiger partial charge in [-0.1, -0.05) is 6.42 Å². The van der Waals surface area contributed by atoms with Crippen molar-refractivity contribution in [2.24, 2.45) is 5.41 Å². The molecule has 15 heteroatoms. The van der Waals surface area contributed by atoms with E-state index in [1.165, 1.54) is 36.2 Å². The second-order valence-corrected chi connectivity index (χ2v) is 11.3. The van der Waals surface area contributed by atoms with E-state index in [9.17, 15) is 34.3 Å². The Morgan fingerprint density at radius 1 is 0.957 bits per heavy atom. The number of piperazine rings is 1. The molecule has 3 N–H and O–H groups in total. The highest BCUT2D eigenvalue weighted by Gasteiger charge is 2.54. The summed E-state index contributed by atoms with van der Waals surface area (Å²) < 4.78 is 21.4. The first-order valence-corrected chi connectivity index (χ1v) is 15.4. The van der Waals surface area contributed by atoms with Crippen molar-refractivity contribution in [3.63, 3.8) is 0 Å². The molecule has 2 aliphatic heterocycles. The van der Waals surface area contributed by atoms with Crippen molar-refractivity contribution in [3.8, 4) is 11.5 Å². The number of nitrogens with one attached hydrogen (secondary N) is 1. The van der Waals surface area contributed by atoms with E-state index in [0.29, 0.717) is 29.2 Å². The van der Waals surface area contributed by atoms with Crippen LogP contribution in [0.3, 0.4) is 0 Å². The molecule has 0 spiro atoms. The fourth-order valence-electron chi connectivity index (χ4n) is 6.17. The van der Waals surface area contributed by atoms with E-state index in [-0.39, 0.29) is 62.9 Å². The molecule has 0 bridgehead atoms. The molecule has 252 valence electrons. The molecule has 1 saturated heterocycles. The van der Waals surface area contributed by atoms with E-state index in [1.54, 1.807) is 19.9 Å². The predicted octanol–water partition coefficient (Wildman–Crippen LogP) is 2.26. The average Bonchev–Trinajstić information content (AvgIpc) is 3.02. The number of benzene rings is 1. The van der Waals surface area contributed by atoms with Crippen LogP contribution >= 0.6 is 0 Å². The standard InChI is InChI=1S/C31H42N4O11/c1-5-45-29(40)31(10-7-11-31)20-17-23(35(42)22-18-25(44-4)24(43-3)16-19(20)22)27(38)32-21(8-9-26(36)37)28(39)33-12-14-34(15-13-33)30(41)46-6-2/h16-18,20-21,42H,5-15H2,1-4H3,(H,32,38)(H,36,37). The number of rotatable bonds is 12. The SMILES string of the molecule is CCOC(=O)N1CCN(C(=O)C(CCC(=O)O)NC(=O)C2=CC(C3(C(=O)OCC)CCC3)c3cc(OC)c(OC)cc3N2O)CC1. The highest BCUT2D eigenvalue weighted by Crippen LogP contribution is 2.57. The van der Waals surface area contributed by atoms with Gasteiger partial charge in [0, 0.05) is 44.6 Å². The number of nitrogens with zero attached hydrogens (tertiary/aromatic N) is 3. The van der Waals surface area contributed by atoms with Crippen LogP contribution in [0.2, 0.25) is 0 Å². The van der Waals surface area contributed by atoms with Crippen LogP contribution in [0.25, 0.3) is 0 Å². The third-order valence-corrected chi connectivity index (χ3v) is 8.77. The zero-order valence-electron chi connectivity index (χ0n) is 26.6. The summed E-state index contributed by atoms with van der Waals surface area (Å²) in [6, 6.07) is 1.90. The molecule has 15 nitrogen and oxygen atoms in total. The van der Waals surface area contributed by atoms with Crippen LogP contribution in [-0.2, 0) is 28.7 Å². The van der Waals surface area contributed by atoms with Gasteiger partial charge in [-0.25, -0.2) is 9.86 Å². The van der Waals surface area contributed by atoms with Crippen molar-refractivity contribution >= 4 is 35.5 Å². The van der Waals surface area contributed by atoms with E-state index in [0.717, 1.165) is 6.42 Å². The van der Waals surface area contributed by atoms with Crippen molar-refractivity contribution in [2.45, 2.75) is 57.9 Å². The summed E-state index contributed by atoms with van der Waals surface area (Å²) in [5.74, 6) is -3.02. The second-order valence-electron chi connectivity index (χ2n) is 11.3. The molecule has 3 amide bonds. The fraction of sp³-hybridized carbons (Fsp3) is 0.581. The Kier molecular flexibility index (Phi) is 11.0. The normalized spacial score (nSPS) is 19.1. The van der Waals surface area contributed by atoms with Gasteiger partial charge in [-0.15, -0.1) is 0 Å². The minimum Gasteiger partial charge on any atom is -0.493 e. The minimum atomic E-state index is -1.25. The van der Waals surface area contributed by atoms with E-state index in [2.05, 4.69) is 5.32 Å². The summed E-state index contributed by atoms with van der Waals surface area (Å²) >= 11 is 0. The summed E-state index contributed by atoms with van der Waals surface area (Å²) in [6.45, 7) is 4.51. The second kappa shape index (κ2) is 14.7. The number of fused-ring (bicyclic) bond motifs is 1. The zero-order valence-corrected chi connectivity index (χ0v) is 26.6. The number of carbonyl (C=O) groups is 5. The molecule has 46 heavy (non-hydrogen) atoms. The van der Waals surface area contributed by atoms with Gasteiger partial charge in [-0.2, -0.15) is 0 Å². The lowest BCUT2D eigenvalue weighted by Gasteiger charge is -2.47. The number of anilines is 1. The van der Waals surface area contributed by atoms with Crippen molar-refractivity contribution in [1.29, 1.82) is 0 Å². The van der Waals surface area contributed by atoms with Crippen molar-refractivity contribution in [2.75, 3.05) is 58.7 Å². The molecular weight excluding hydrogens is 604 g/mol. The molecule has 1 aromatic rings. The molecule has 3 aliphatic rings. The molecule has 1 saturated carbocycles. The van der Waals surface area contributed by atoms with Gasteiger partial charge in [0.05, 0.1) is 38.5 Å². The Bertz CT molecular complexity index is 1370. The number of hydroxylamine groups is 1. The first-order valence-electron chi connectivity index (χ1n) is 15.4. The smallest absolute Gasteiger partial charge is 0.409 e. The van der Waals surface area contributed by atoms with Gasteiger partial charge in [0.15, 0.2) is 11.5 Å². The Hall–Kier alpha value is -4.53. The number of hydrogen-bond donors (Lipinski definition) is 3. The molecule has 1 aliphatic carbocycles. The Balaban J connectivity index is 1.66. The highest BCUT2D eigenvalue weighted by molar-refractivity contribution is 6.01. The van der Waals surface area contributed by atoms with Crippen LogP contribution in [0.1, 0.15) is 57.4 Å². The maximum absolute atomic E-state index is 13.9. The van der Waals surface area contributed by atoms with Crippen LogP contribution in [0, 0.1) is 5.41 Å². The molecule has 4 rings (SSSR count). The highest BCUT2D eigenvalue weighted by atomic mass is 16.6. The lowest BCUT2D eigenvalue weighted by atomic mass is 9.58. The minimum absolute atomic E-state index is 0.158. The summed E-state index contributed by atoms with van der Waals surface area (Å²) in [5.41, 5.74) is -0.564. The lowest BCUT2D eigenvalue weighted by molar-refractivity contribution is -0.162. The Labute approximate surface area is 266 Å². The van der Waals surface area contributed by atoms with Crippen LogP contribution in [0.4, 0.5) is 10.5 Å². The van der Waals surface area contributed by atoms with Crippen LogP contribution in [0.15, 0.2) is 23.9 Å². The molecule has 0 aromatic heterocycles. The molecule has 1 aromatic carbocycles.